The van der Waals surface area contributed by atoms with E-state index >= 15 is 0 Å². The van der Waals surface area contributed by atoms with Crippen molar-refractivity contribution in [3.05, 3.63) is 12.7 Å². The molecule has 0 spiro atoms. The first-order valence-corrected chi connectivity index (χ1v) is 6.82. The zero-order valence-electron chi connectivity index (χ0n) is 9.63. The lowest BCUT2D eigenvalue weighted by Gasteiger charge is -2.32. The summed E-state index contributed by atoms with van der Waals surface area (Å²) in [6, 6.07) is 0. The second-order valence-corrected chi connectivity index (χ2v) is 5.29. The maximum absolute atomic E-state index is 11.7. The molecule has 0 saturated carbocycles. The van der Waals surface area contributed by atoms with E-state index in [-0.39, 0.29) is 25.5 Å². The molecule has 0 unspecified atom stereocenters. The van der Waals surface area contributed by atoms with Gasteiger partial charge in [-0.2, -0.15) is 12.7 Å². The van der Waals surface area contributed by atoms with E-state index in [1.807, 2.05) is 0 Å². The van der Waals surface area contributed by atoms with Crippen LogP contribution in [0.15, 0.2) is 12.7 Å². The molecule has 1 fully saturated rings. The van der Waals surface area contributed by atoms with Gasteiger partial charge in [-0.1, -0.05) is 6.08 Å². The zero-order valence-corrected chi connectivity index (χ0v) is 10.4. The van der Waals surface area contributed by atoms with Crippen molar-refractivity contribution in [2.24, 2.45) is 5.14 Å². The molecule has 0 aromatic rings. The van der Waals surface area contributed by atoms with Crippen LogP contribution >= 0.6 is 0 Å². The van der Waals surface area contributed by atoms with E-state index in [4.69, 9.17) is 5.14 Å². The number of rotatable bonds is 5. The maximum Gasteiger partial charge on any atom is 0.277 e. The van der Waals surface area contributed by atoms with Crippen LogP contribution in [0.5, 0.6) is 0 Å². The Kier molecular flexibility index (Phi) is 5.06. The SMILES string of the molecule is C=CCNCC(=O)N1CCN(S(N)(=O)=O)CC1. The zero-order chi connectivity index (χ0) is 12.9. The van der Waals surface area contributed by atoms with Crippen molar-refractivity contribution in [2.45, 2.75) is 0 Å². The molecular formula is C9H18N4O3S. The van der Waals surface area contributed by atoms with E-state index in [9.17, 15) is 13.2 Å². The van der Waals surface area contributed by atoms with Crippen LogP contribution in [-0.4, -0.2) is 62.8 Å². The Hall–Kier alpha value is -0.960. The minimum absolute atomic E-state index is 0.0408. The minimum Gasteiger partial charge on any atom is -0.339 e. The van der Waals surface area contributed by atoms with E-state index < -0.39 is 10.2 Å². The van der Waals surface area contributed by atoms with Crippen molar-refractivity contribution in [3.63, 3.8) is 0 Å². The highest BCUT2D eigenvalue weighted by atomic mass is 32.2. The third kappa shape index (κ3) is 4.43. The predicted molar refractivity (Wildman–Crippen MR) is 64.3 cm³/mol. The lowest BCUT2D eigenvalue weighted by atomic mass is 10.3. The molecule has 0 radical (unpaired) electrons. The second kappa shape index (κ2) is 6.10. The summed E-state index contributed by atoms with van der Waals surface area (Å²) in [6.45, 7) is 5.61. The molecule has 0 atom stereocenters. The minimum atomic E-state index is -3.63. The molecule has 0 aromatic heterocycles. The summed E-state index contributed by atoms with van der Waals surface area (Å²) >= 11 is 0. The van der Waals surface area contributed by atoms with Gasteiger partial charge >= 0.3 is 0 Å². The molecule has 0 aromatic carbocycles. The van der Waals surface area contributed by atoms with Crippen molar-refractivity contribution in [3.8, 4) is 0 Å². The molecule has 1 aliphatic rings. The van der Waals surface area contributed by atoms with Crippen LogP contribution < -0.4 is 10.5 Å². The Balaban J connectivity index is 2.36. The van der Waals surface area contributed by atoms with E-state index in [0.717, 1.165) is 0 Å². The average Bonchev–Trinajstić information content (AvgIpc) is 2.28. The van der Waals surface area contributed by atoms with Gasteiger partial charge < -0.3 is 10.2 Å². The number of nitrogens with one attached hydrogen (secondary N) is 1. The van der Waals surface area contributed by atoms with Gasteiger partial charge in [0.2, 0.25) is 5.91 Å². The molecule has 17 heavy (non-hydrogen) atoms. The number of hydrogen-bond donors (Lipinski definition) is 2. The van der Waals surface area contributed by atoms with E-state index in [2.05, 4.69) is 11.9 Å². The van der Waals surface area contributed by atoms with Crippen LogP contribution in [0.3, 0.4) is 0 Å². The molecular weight excluding hydrogens is 244 g/mol. The van der Waals surface area contributed by atoms with Gasteiger partial charge in [-0.15, -0.1) is 6.58 Å². The first-order chi connectivity index (χ1) is 7.95. The normalized spacial score (nSPS) is 18.1. The Morgan fingerprint density at radius 3 is 2.41 bits per heavy atom. The van der Waals surface area contributed by atoms with Crippen molar-refractivity contribution in [1.82, 2.24) is 14.5 Å². The van der Waals surface area contributed by atoms with Crippen molar-refractivity contribution >= 4 is 16.1 Å². The molecule has 3 N–H and O–H groups in total. The van der Waals surface area contributed by atoms with Gasteiger partial charge in [0.25, 0.3) is 10.2 Å². The Labute approximate surface area is 101 Å². The van der Waals surface area contributed by atoms with Crippen molar-refractivity contribution in [1.29, 1.82) is 0 Å². The van der Waals surface area contributed by atoms with E-state index in [1.165, 1.54) is 4.31 Å². The summed E-state index contributed by atoms with van der Waals surface area (Å²) in [5, 5.41) is 7.91. The number of carbonyl (C=O) groups excluding carboxylic acids is 1. The van der Waals surface area contributed by atoms with Gasteiger partial charge in [-0.05, 0) is 0 Å². The van der Waals surface area contributed by atoms with Gasteiger partial charge in [-0.3, -0.25) is 4.79 Å². The van der Waals surface area contributed by atoms with E-state index in [0.29, 0.717) is 19.6 Å². The maximum atomic E-state index is 11.7. The smallest absolute Gasteiger partial charge is 0.277 e. The summed E-state index contributed by atoms with van der Waals surface area (Å²) < 4.78 is 23.3. The van der Waals surface area contributed by atoms with Crippen LogP contribution in [0.2, 0.25) is 0 Å². The third-order valence-corrected chi connectivity index (χ3v) is 3.60. The average molecular weight is 262 g/mol. The topological polar surface area (TPSA) is 95.7 Å². The lowest BCUT2D eigenvalue weighted by molar-refractivity contribution is -0.131. The summed E-state index contributed by atoms with van der Waals surface area (Å²) in [7, 11) is -3.63. The Morgan fingerprint density at radius 1 is 1.35 bits per heavy atom. The van der Waals surface area contributed by atoms with E-state index in [1.54, 1.807) is 11.0 Å². The first kappa shape index (κ1) is 14.1. The molecule has 98 valence electrons. The van der Waals surface area contributed by atoms with Crippen LogP contribution in [0.25, 0.3) is 0 Å². The summed E-state index contributed by atoms with van der Waals surface area (Å²) in [5.41, 5.74) is 0. The fourth-order valence-electron chi connectivity index (χ4n) is 1.58. The molecule has 1 saturated heterocycles. The van der Waals surface area contributed by atoms with Crippen molar-refractivity contribution in [2.75, 3.05) is 39.3 Å². The molecule has 1 rings (SSSR count). The standard InChI is InChI=1S/C9H18N4O3S/c1-2-3-11-8-9(14)12-4-6-13(7-5-12)17(10,15)16/h2,11H,1,3-8H2,(H2,10,15,16). The summed E-state index contributed by atoms with van der Waals surface area (Å²) in [5.74, 6) is -0.0408. The fourth-order valence-corrected chi connectivity index (χ4v) is 2.26. The van der Waals surface area contributed by atoms with Gasteiger partial charge in [0.05, 0.1) is 6.54 Å². The molecule has 8 heteroatoms. The lowest BCUT2D eigenvalue weighted by Crippen LogP contribution is -2.53. The molecule has 1 heterocycles. The monoisotopic (exact) mass is 262 g/mol. The fraction of sp³-hybridized carbons (Fsp3) is 0.667. The molecule has 0 aliphatic carbocycles. The highest BCUT2D eigenvalue weighted by Crippen LogP contribution is 2.04. The van der Waals surface area contributed by atoms with Gasteiger partial charge in [0.1, 0.15) is 0 Å². The highest BCUT2D eigenvalue weighted by Gasteiger charge is 2.25. The summed E-state index contributed by atoms with van der Waals surface area (Å²) in [6.07, 6.45) is 1.67. The molecule has 1 amide bonds. The highest BCUT2D eigenvalue weighted by molar-refractivity contribution is 7.86. The summed E-state index contributed by atoms with van der Waals surface area (Å²) in [4.78, 5) is 13.3. The Morgan fingerprint density at radius 2 is 1.94 bits per heavy atom. The number of carbonyl (C=O) groups is 1. The largest absolute Gasteiger partial charge is 0.339 e. The van der Waals surface area contributed by atoms with Gasteiger partial charge in [0.15, 0.2) is 0 Å². The second-order valence-electron chi connectivity index (χ2n) is 3.74. The van der Waals surface area contributed by atoms with Crippen LogP contribution in [0, 0.1) is 0 Å². The molecule has 1 aliphatic heterocycles. The van der Waals surface area contributed by atoms with Crippen LogP contribution in [-0.2, 0) is 15.0 Å². The predicted octanol–water partition coefficient (Wildman–Crippen LogP) is -1.89. The van der Waals surface area contributed by atoms with Crippen molar-refractivity contribution < 1.29 is 13.2 Å². The number of amides is 1. The molecule has 0 bridgehead atoms. The molecule has 7 nitrogen and oxygen atoms in total. The quantitative estimate of drug-likeness (QED) is 0.447. The number of piperazine rings is 1. The Bertz CT molecular complexity index is 374. The van der Waals surface area contributed by atoms with Crippen LogP contribution in [0.4, 0.5) is 0 Å². The van der Waals surface area contributed by atoms with Gasteiger partial charge in [-0.25, -0.2) is 5.14 Å². The third-order valence-electron chi connectivity index (χ3n) is 2.52. The number of nitrogens with zero attached hydrogens (tertiary/aromatic N) is 2. The first-order valence-electron chi connectivity index (χ1n) is 5.32. The van der Waals surface area contributed by atoms with Crippen LogP contribution in [0.1, 0.15) is 0 Å². The van der Waals surface area contributed by atoms with Gasteiger partial charge in [0, 0.05) is 32.7 Å². The number of hydrogen-bond acceptors (Lipinski definition) is 4. The number of nitrogens with two attached hydrogens (primary N) is 1.